The van der Waals surface area contributed by atoms with E-state index in [1.165, 1.54) is 25.6 Å². The van der Waals surface area contributed by atoms with Gasteiger partial charge in [0.15, 0.2) is 5.71 Å². The number of hydrogen-bond donors (Lipinski definition) is 2. The summed E-state index contributed by atoms with van der Waals surface area (Å²) in [7, 11) is -2.54. The first kappa shape index (κ1) is 18.5. The molecule has 0 aliphatic carbocycles. The largest absolute Gasteiger partial charge is 0.440 e. The standard InChI is InChI=1S/C14H14N4O5S2/c1-22-17-13(14(19)18-25(2,20)21)9-5-3-4-6-10(9)23-11-7-12(24)16-8-15-11/h3-8H,1-2H3,(H,18,19)(H,15,16,24)/b17-13+. The quantitative estimate of drug-likeness (QED) is 0.439. The Morgan fingerprint density at radius 2 is 2.08 bits per heavy atom. The molecule has 2 N–H and O–H groups in total. The minimum atomic E-state index is -3.78. The predicted octanol–water partition coefficient (Wildman–Crippen LogP) is 1.36. The number of oxime groups is 1. The number of sulfonamides is 1. The Morgan fingerprint density at radius 3 is 2.72 bits per heavy atom. The molecule has 0 aliphatic heterocycles. The molecule has 0 bridgehead atoms. The number of hydrogen-bond acceptors (Lipinski definition) is 8. The molecule has 1 aromatic heterocycles. The summed E-state index contributed by atoms with van der Waals surface area (Å²) in [6, 6.07) is 7.90. The van der Waals surface area contributed by atoms with Crippen molar-refractivity contribution in [2.75, 3.05) is 13.4 Å². The van der Waals surface area contributed by atoms with E-state index in [4.69, 9.17) is 17.0 Å². The molecule has 0 unspecified atom stereocenters. The molecule has 1 aromatic carbocycles. The van der Waals surface area contributed by atoms with Crippen LogP contribution in [-0.4, -0.2) is 43.4 Å². The van der Waals surface area contributed by atoms with Crippen LogP contribution in [0.5, 0.6) is 11.6 Å². The SMILES string of the molecule is CO/N=C(/C(=O)NS(C)(=O)=O)c1ccccc1Oc1cc(=S)nc[nH]1. The minimum Gasteiger partial charge on any atom is -0.440 e. The summed E-state index contributed by atoms with van der Waals surface area (Å²) in [5.41, 5.74) is -0.0437. The van der Waals surface area contributed by atoms with Gasteiger partial charge in [0.25, 0.3) is 5.91 Å². The zero-order valence-corrected chi connectivity index (χ0v) is 14.8. The lowest BCUT2D eigenvalue weighted by Crippen LogP contribution is -2.36. The number of benzene rings is 1. The lowest BCUT2D eigenvalue weighted by Gasteiger charge is -2.12. The van der Waals surface area contributed by atoms with Gasteiger partial charge in [-0.2, -0.15) is 0 Å². The number of rotatable bonds is 6. The van der Waals surface area contributed by atoms with Crippen molar-refractivity contribution < 1.29 is 22.8 Å². The van der Waals surface area contributed by atoms with Crippen LogP contribution in [0.25, 0.3) is 0 Å². The molecule has 132 valence electrons. The van der Waals surface area contributed by atoms with Gasteiger partial charge in [-0.3, -0.25) is 4.79 Å². The van der Waals surface area contributed by atoms with Crippen LogP contribution in [0.1, 0.15) is 5.56 Å². The lowest BCUT2D eigenvalue weighted by molar-refractivity contribution is -0.113. The van der Waals surface area contributed by atoms with Crippen LogP contribution in [0.4, 0.5) is 0 Å². The van der Waals surface area contributed by atoms with E-state index in [2.05, 4.69) is 20.0 Å². The van der Waals surface area contributed by atoms with Crippen LogP contribution in [0.2, 0.25) is 0 Å². The molecule has 2 rings (SSSR count). The molecule has 1 amide bonds. The highest BCUT2D eigenvalue weighted by Crippen LogP contribution is 2.24. The highest BCUT2D eigenvalue weighted by Gasteiger charge is 2.22. The van der Waals surface area contributed by atoms with Crippen LogP contribution in [0.3, 0.4) is 0 Å². The fourth-order valence-electron chi connectivity index (χ4n) is 1.80. The number of ether oxygens (including phenoxy) is 1. The normalized spacial score (nSPS) is 11.7. The van der Waals surface area contributed by atoms with E-state index in [0.717, 1.165) is 6.26 Å². The number of para-hydroxylation sites is 1. The third kappa shape index (κ3) is 5.36. The number of aromatic amines is 1. The van der Waals surface area contributed by atoms with Gasteiger partial charge in [-0.05, 0) is 12.1 Å². The Morgan fingerprint density at radius 1 is 1.36 bits per heavy atom. The summed E-state index contributed by atoms with van der Waals surface area (Å²) in [5.74, 6) is -0.436. The number of H-pyrrole nitrogens is 1. The number of aromatic nitrogens is 2. The fourth-order valence-corrected chi connectivity index (χ4v) is 2.39. The average Bonchev–Trinajstić information content (AvgIpc) is 2.52. The fraction of sp³-hybridized carbons (Fsp3) is 0.143. The molecular weight excluding hydrogens is 368 g/mol. The molecular formula is C14H14N4O5S2. The van der Waals surface area contributed by atoms with E-state index >= 15 is 0 Å². The lowest BCUT2D eigenvalue weighted by atomic mass is 10.1. The maximum absolute atomic E-state index is 12.2. The van der Waals surface area contributed by atoms with Crippen LogP contribution >= 0.6 is 12.2 Å². The van der Waals surface area contributed by atoms with Gasteiger partial charge in [-0.15, -0.1) is 0 Å². The van der Waals surface area contributed by atoms with Gasteiger partial charge in [0, 0.05) is 6.07 Å². The third-order valence-corrected chi connectivity index (χ3v) is 3.47. The Hall–Kier alpha value is -2.79. The van der Waals surface area contributed by atoms with Gasteiger partial charge in [0.1, 0.15) is 17.5 Å². The van der Waals surface area contributed by atoms with E-state index in [9.17, 15) is 13.2 Å². The van der Waals surface area contributed by atoms with Crippen LogP contribution in [-0.2, 0) is 19.7 Å². The number of carbonyl (C=O) groups excluding carboxylic acids is 1. The van der Waals surface area contributed by atoms with Crippen molar-refractivity contribution in [2.24, 2.45) is 5.16 Å². The summed E-state index contributed by atoms with van der Waals surface area (Å²) in [6.07, 6.45) is 2.22. The summed E-state index contributed by atoms with van der Waals surface area (Å²) in [6.45, 7) is 0. The van der Waals surface area contributed by atoms with Gasteiger partial charge >= 0.3 is 0 Å². The molecule has 0 aliphatic rings. The van der Waals surface area contributed by atoms with E-state index in [1.807, 2.05) is 4.72 Å². The molecule has 2 aromatic rings. The van der Waals surface area contributed by atoms with Crippen molar-refractivity contribution in [3.05, 3.63) is 46.9 Å². The van der Waals surface area contributed by atoms with Crippen molar-refractivity contribution >= 4 is 33.9 Å². The molecule has 0 fully saturated rings. The highest BCUT2D eigenvalue weighted by atomic mass is 32.2. The number of carbonyl (C=O) groups is 1. The topological polar surface area (TPSA) is 123 Å². The second-order valence-electron chi connectivity index (χ2n) is 4.67. The Balaban J connectivity index is 2.44. The van der Waals surface area contributed by atoms with Crippen LogP contribution in [0.15, 0.2) is 41.8 Å². The molecule has 0 saturated carbocycles. The smallest absolute Gasteiger partial charge is 0.287 e. The Bertz CT molecular complexity index is 969. The number of nitrogens with one attached hydrogen (secondary N) is 2. The minimum absolute atomic E-state index is 0.224. The van der Waals surface area contributed by atoms with Crippen molar-refractivity contribution in [2.45, 2.75) is 0 Å². The summed E-state index contributed by atoms with van der Waals surface area (Å²) in [4.78, 5) is 23.5. The van der Waals surface area contributed by atoms with Crippen LogP contribution in [0, 0.1) is 4.64 Å². The second kappa shape index (κ2) is 7.85. The summed E-state index contributed by atoms with van der Waals surface area (Å²) < 4.78 is 30.4. The van der Waals surface area contributed by atoms with E-state index < -0.39 is 15.9 Å². The second-order valence-corrected chi connectivity index (χ2v) is 6.84. The van der Waals surface area contributed by atoms with Gasteiger partial charge in [0.2, 0.25) is 15.9 Å². The maximum atomic E-state index is 12.2. The van der Waals surface area contributed by atoms with Gasteiger partial charge in [0.05, 0.1) is 18.1 Å². The molecule has 11 heteroatoms. The van der Waals surface area contributed by atoms with E-state index in [-0.39, 0.29) is 22.9 Å². The monoisotopic (exact) mass is 382 g/mol. The number of nitrogens with zero attached hydrogens (tertiary/aromatic N) is 2. The Kier molecular flexibility index (Phi) is 5.83. The molecule has 0 spiro atoms. The molecule has 0 radical (unpaired) electrons. The van der Waals surface area contributed by atoms with Gasteiger partial charge < -0.3 is 14.6 Å². The van der Waals surface area contributed by atoms with Gasteiger partial charge in [-0.1, -0.05) is 29.5 Å². The zero-order valence-electron chi connectivity index (χ0n) is 13.2. The molecule has 25 heavy (non-hydrogen) atoms. The summed E-state index contributed by atoms with van der Waals surface area (Å²) >= 11 is 4.96. The van der Waals surface area contributed by atoms with E-state index in [1.54, 1.807) is 18.2 Å². The first-order valence-corrected chi connectivity index (χ1v) is 9.05. The third-order valence-electron chi connectivity index (χ3n) is 2.69. The molecule has 1 heterocycles. The van der Waals surface area contributed by atoms with E-state index in [0.29, 0.717) is 4.64 Å². The van der Waals surface area contributed by atoms with Crippen LogP contribution < -0.4 is 9.46 Å². The predicted molar refractivity (Wildman–Crippen MR) is 92.5 cm³/mol. The Labute approximate surface area is 148 Å². The van der Waals surface area contributed by atoms with Crippen molar-refractivity contribution in [3.63, 3.8) is 0 Å². The average molecular weight is 382 g/mol. The highest BCUT2D eigenvalue weighted by molar-refractivity contribution is 7.89. The maximum Gasteiger partial charge on any atom is 0.287 e. The van der Waals surface area contributed by atoms with Gasteiger partial charge in [-0.25, -0.2) is 18.1 Å². The summed E-state index contributed by atoms with van der Waals surface area (Å²) in [5, 5.41) is 3.62. The van der Waals surface area contributed by atoms with Crippen molar-refractivity contribution in [1.82, 2.24) is 14.7 Å². The first-order valence-electron chi connectivity index (χ1n) is 6.75. The first-order chi connectivity index (χ1) is 11.8. The molecule has 0 atom stereocenters. The molecule has 0 saturated heterocycles. The number of amides is 1. The molecule has 9 nitrogen and oxygen atoms in total. The van der Waals surface area contributed by atoms with Crippen molar-refractivity contribution in [1.29, 1.82) is 0 Å². The zero-order chi connectivity index (χ0) is 18.4. The van der Waals surface area contributed by atoms with Crippen molar-refractivity contribution in [3.8, 4) is 11.6 Å².